The molecule has 400 valence electrons. The zero-order valence-electron chi connectivity index (χ0n) is 43.3. The van der Waals surface area contributed by atoms with Crippen LogP contribution in [0.5, 0.6) is 0 Å². The van der Waals surface area contributed by atoms with Crippen LogP contribution in [-0.4, -0.2) is 72.8 Å². The number of carbonyl (C=O) groups excluding carboxylic acids is 8. The maximum absolute atomic E-state index is 15.5. The number of anilines is 2. The number of aryl methyl sites for hydroxylation is 2. The van der Waals surface area contributed by atoms with Crippen molar-refractivity contribution in [2.75, 3.05) is 9.80 Å². The highest BCUT2D eigenvalue weighted by atomic mass is 19.4. The fourth-order valence-corrected chi connectivity index (χ4v) is 12.2. The quantitative estimate of drug-likeness (QED) is 0.0929. The monoisotopic (exact) mass is 1090 g/mol. The van der Waals surface area contributed by atoms with Gasteiger partial charge in [0.1, 0.15) is 0 Å². The van der Waals surface area contributed by atoms with Crippen molar-refractivity contribution in [3.8, 4) is 11.1 Å². The van der Waals surface area contributed by atoms with Crippen molar-refractivity contribution in [3.63, 3.8) is 0 Å². The Labute approximate surface area is 452 Å². The standard InChI is InChI=1S/C60H36F6N2O8.CH4BFO/c1-29-23-31(13-17-47(29)67-53(73)38-16-12-34(26-42(38)54(67)74)58(59(61,62)63,60(64,65)66)33-11-15-37-39(25-33)50(70)20-19-49(37)69)57(45-9-5-3-7-35(45)36-8-4-6-10-46(36)57)32-14-18-48(30(2)24-32)68-55(75)43-27-40-41(28-44(43)56(68)76)52(72)22-21-51(40)71;1-2(3)4/h3-18,23-28H,19-22H2,1-2H3;4H,1H3/i;4T. The van der Waals surface area contributed by atoms with Crippen molar-refractivity contribution >= 4 is 65.3 Å². The van der Waals surface area contributed by atoms with E-state index in [2.05, 4.69) is 5.03 Å². The SMILES string of the molecule is Cc1cc(C2(c3ccc(N4C(=O)c5cc6c(cc5C4=O)C(=O)CCC6=O)c(C)c3)c3ccccc3-c3ccccc32)ccc1N1C(=O)c2ccc(C(c3ccc4c(c3)C(=O)CCC4=O)(C(F)(F)F)C(F)(F)F)cc2C1=O.[3H]OB(C)F. The number of ketones is 4. The van der Waals surface area contributed by atoms with Gasteiger partial charge in [-0.1, -0.05) is 91.0 Å². The molecule has 0 atom stereocenters. The summed E-state index contributed by atoms with van der Waals surface area (Å²) in [5.41, 5.74) is -4.96. The molecule has 5 aliphatic rings. The number of amides is 4. The summed E-state index contributed by atoms with van der Waals surface area (Å²) < 4.78 is 110. The number of carbonyl (C=O) groups is 8. The third kappa shape index (κ3) is 7.60. The second-order valence-corrected chi connectivity index (χ2v) is 20.2. The molecule has 0 saturated carbocycles. The number of nitrogens with zero attached hydrogens (tertiary/aromatic N) is 2. The minimum atomic E-state index is -6.13. The van der Waals surface area contributed by atoms with Crippen LogP contribution in [0.3, 0.4) is 0 Å². The number of alkyl halides is 6. The van der Waals surface area contributed by atoms with Crippen LogP contribution >= 0.6 is 0 Å². The number of rotatable bonds is 7. The van der Waals surface area contributed by atoms with Crippen molar-refractivity contribution in [2.24, 2.45) is 0 Å². The molecule has 2 heterocycles. The molecular formula is C61H40BF7N2O9. The van der Waals surface area contributed by atoms with Gasteiger partial charge in [-0.15, -0.1) is 0 Å². The average Bonchev–Trinajstić information content (AvgIpc) is 2.23. The lowest BCUT2D eigenvalue weighted by Crippen LogP contribution is -2.55. The Kier molecular flexibility index (Phi) is 12.0. The molecule has 19 heteroatoms. The number of hydrogen-bond donors (Lipinski definition) is 1. The second kappa shape index (κ2) is 18.6. The van der Waals surface area contributed by atoms with E-state index in [1.807, 2.05) is 54.6 Å². The topological polar surface area (TPSA) is 163 Å². The molecule has 2 aliphatic heterocycles. The fourth-order valence-electron chi connectivity index (χ4n) is 12.2. The molecular weight excluding hydrogens is 1050 g/mol. The lowest BCUT2D eigenvalue weighted by molar-refractivity contribution is -0.288. The van der Waals surface area contributed by atoms with Crippen LogP contribution in [0, 0.1) is 13.8 Å². The van der Waals surface area contributed by atoms with Crippen LogP contribution in [0.4, 0.5) is 42.0 Å². The van der Waals surface area contributed by atoms with E-state index in [1.54, 1.807) is 38.1 Å². The predicted octanol–water partition coefficient (Wildman–Crippen LogP) is 12.1. The lowest BCUT2D eigenvalue weighted by atomic mass is 9.67. The van der Waals surface area contributed by atoms with E-state index in [1.165, 1.54) is 18.2 Å². The van der Waals surface area contributed by atoms with Crippen LogP contribution in [0.2, 0.25) is 6.82 Å². The van der Waals surface area contributed by atoms with Gasteiger partial charge < -0.3 is 5.03 Å². The molecule has 0 radical (unpaired) electrons. The van der Waals surface area contributed by atoms with Gasteiger partial charge in [-0.2, -0.15) is 26.3 Å². The Morgan fingerprint density at radius 1 is 0.450 bits per heavy atom. The highest BCUT2D eigenvalue weighted by molar-refractivity contribution is 6.40. The Balaban J connectivity index is 0.00000132. The number of hydrogen-bond acceptors (Lipinski definition) is 9. The first kappa shape index (κ1) is 51.8. The average molecular weight is 1090 g/mol. The van der Waals surface area contributed by atoms with Gasteiger partial charge >= 0.3 is 19.5 Å². The first-order valence-electron chi connectivity index (χ1n) is 25.5. The molecule has 3 aliphatic carbocycles. The van der Waals surface area contributed by atoms with Gasteiger partial charge in [0.15, 0.2) is 24.6 Å². The summed E-state index contributed by atoms with van der Waals surface area (Å²) in [7, 11) is -1.45. The molecule has 0 saturated heterocycles. The van der Waals surface area contributed by atoms with Gasteiger partial charge in [0, 0.05) is 47.9 Å². The van der Waals surface area contributed by atoms with E-state index in [-0.39, 0.29) is 70.0 Å². The number of Topliss-reactive ketones (excluding diaryl/α,β-unsaturated/α-hetero) is 4. The molecule has 0 aromatic heterocycles. The summed E-state index contributed by atoms with van der Waals surface area (Å²) in [4.78, 5) is 110. The first-order valence-corrected chi connectivity index (χ1v) is 25.1. The Morgan fingerprint density at radius 3 is 1.20 bits per heavy atom. The molecule has 0 fully saturated rings. The highest BCUT2D eigenvalue weighted by Gasteiger charge is 2.73. The maximum atomic E-state index is 15.5. The third-order valence-corrected chi connectivity index (χ3v) is 15.7. The molecule has 0 spiro atoms. The normalized spacial score (nSPS) is 16.4. The molecule has 4 amide bonds. The van der Waals surface area contributed by atoms with Gasteiger partial charge in [0.25, 0.3) is 23.6 Å². The Morgan fingerprint density at radius 2 is 0.800 bits per heavy atom. The fraction of sp³-hybridized carbons (Fsp3) is 0.180. The number of benzene rings is 7. The predicted molar refractivity (Wildman–Crippen MR) is 278 cm³/mol. The number of halogens is 7. The minimum Gasteiger partial charge on any atom is -0.424 e. The van der Waals surface area contributed by atoms with Crippen molar-refractivity contribution in [3.05, 3.63) is 222 Å². The molecule has 0 unspecified atom stereocenters. The van der Waals surface area contributed by atoms with Crippen molar-refractivity contribution in [2.45, 2.75) is 69.5 Å². The Hall–Kier alpha value is -8.97. The van der Waals surface area contributed by atoms with E-state index in [0.29, 0.717) is 51.4 Å². The van der Waals surface area contributed by atoms with Crippen LogP contribution in [0.1, 0.15) is 153 Å². The van der Waals surface area contributed by atoms with Crippen molar-refractivity contribution < 1.29 is 74.0 Å². The van der Waals surface area contributed by atoms with Gasteiger partial charge in [-0.25, -0.2) is 9.80 Å². The number of imide groups is 2. The molecule has 7 aromatic carbocycles. The van der Waals surface area contributed by atoms with Crippen LogP contribution in [0.15, 0.2) is 133 Å². The molecule has 80 heavy (non-hydrogen) atoms. The molecule has 1 N–H and O–H groups in total. The van der Waals surface area contributed by atoms with Gasteiger partial charge in [-0.05, 0) is 119 Å². The first-order chi connectivity index (χ1) is 38.4. The van der Waals surface area contributed by atoms with E-state index in [0.717, 1.165) is 46.1 Å². The van der Waals surface area contributed by atoms with Crippen molar-refractivity contribution in [1.29, 1.82) is 1.43 Å². The molecule has 12 rings (SSSR count). The Bertz CT molecular complexity index is 3910. The minimum absolute atomic E-state index is 0.00121. The van der Waals surface area contributed by atoms with E-state index in [9.17, 15) is 42.7 Å². The second-order valence-electron chi connectivity index (χ2n) is 20.2. The zero-order chi connectivity index (χ0) is 58.0. The summed E-state index contributed by atoms with van der Waals surface area (Å²) in [6, 6.07) is 31.5. The largest absolute Gasteiger partial charge is 0.493 e. The smallest absolute Gasteiger partial charge is 0.424 e. The van der Waals surface area contributed by atoms with Crippen molar-refractivity contribution in [1.82, 2.24) is 0 Å². The van der Waals surface area contributed by atoms with E-state index < -0.39 is 99.8 Å². The summed E-state index contributed by atoms with van der Waals surface area (Å²) in [5, 5.41) is 3.33. The summed E-state index contributed by atoms with van der Waals surface area (Å²) in [6.45, 7) is 4.48. The summed E-state index contributed by atoms with van der Waals surface area (Å²) >= 11 is 0. The van der Waals surface area contributed by atoms with Gasteiger partial charge in [-0.3, -0.25) is 42.7 Å². The van der Waals surface area contributed by atoms with E-state index in [4.69, 9.17) is 1.43 Å². The van der Waals surface area contributed by atoms with E-state index >= 15 is 26.3 Å². The highest BCUT2D eigenvalue weighted by Crippen LogP contribution is 2.59. The molecule has 7 aromatic rings. The summed E-state index contributed by atoms with van der Waals surface area (Å²) in [6.07, 6.45) is -12.9. The molecule has 0 bridgehead atoms. The number of fused-ring (bicyclic) bond motifs is 7. The summed E-state index contributed by atoms with van der Waals surface area (Å²) in [5.74, 6) is -5.56. The van der Waals surface area contributed by atoms with Crippen LogP contribution in [0.25, 0.3) is 11.1 Å². The van der Waals surface area contributed by atoms with Gasteiger partial charge in [0.2, 0.25) is 5.41 Å². The third-order valence-electron chi connectivity index (χ3n) is 15.7. The zero-order valence-corrected chi connectivity index (χ0v) is 42.3. The van der Waals surface area contributed by atoms with Crippen LogP contribution in [-0.2, 0) is 10.8 Å². The molecule has 11 nitrogen and oxygen atoms in total. The van der Waals surface area contributed by atoms with Crippen LogP contribution < -0.4 is 9.80 Å². The maximum Gasteiger partial charge on any atom is 0.493 e. The lowest BCUT2D eigenvalue weighted by Gasteiger charge is -2.38. The van der Waals surface area contributed by atoms with Gasteiger partial charge in [0.05, 0.1) is 39.0 Å².